The lowest BCUT2D eigenvalue weighted by atomic mass is 10.1. The first-order valence-electron chi connectivity index (χ1n) is 13.1. The molecule has 0 bridgehead atoms. The Morgan fingerprint density at radius 1 is 0.769 bits per heavy atom. The van der Waals surface area contributed by atoms with Crippen molar-refractivity contribution >= 4 is 24.2 Å². The molecule has 0 aliphatic rings. The molecule has 2 unspecified atom stereocenters. The maximum Gasteiger partial charge on any atom is 0.514 e. The summed E-state index contributed by atoms with van der Waals surface area (Å²) in [5, 5.41) is 3.00. The molecule has 11 nitrogen and oxygen atoms in total. The number of benzene rings is 1. The number of esters is 2. The number of hydrogen-bond acceptors (Lipinski definition) is 11. The minimum absolute atomic E-state index is 0.0544. The number of methoxy groups -OCH3 is 1. The Labute approximate surface area is 230 Å². The molecule has 1 aromatic carbocycles. The van der Waals surface area contributed by atoms with Gasteiger partial charge in [-0.25, -0.2) is 9.59 Å². The first-order chi connectivity index (χ1) is 18.2. The maximum absolute atomic E-state index is 12.5. The minimum Gasteiger partial charge on any atom is -0.468 e. The topological polar surface area (TPSA) is 136 Å². The van der Waals surface area contributed by atoms with Crippen molar-refractivity contribution in [2.24, 2.45) is 17.8 Å². The quantitative estimate of drug-likeness (QED) is 0.149. The van der Waals surface area contributed by atoms with Crippen LogP contribution in [0.15, 0.2) is 18.2 Å². The average Bonchev–Trinajstić information content (AvgIpc) is 2.86. The van der Waals surface area contributed by atoms with E-state index >= 15 is 0 Å². The minimum atomic E-state index is -0.975. The number of nitrogens with one attached hydrogen (secondary N) is 1. The van der Waals surface area contributed by atoms with Crippen LogP contribution >= 0.6 is 0 Å². The molecule has 220 valence electrons. The molecule has 0 saturated carbocycles. The molecule has 0 amide bonds. The van der Waals surface area contributed by atoms with Gasteiger partial charge >= 0.3 is 24.2 Å². The number of carbonyl (C=O) groups excluding carboxylic acids is 4. The molecule has 0 aliphatic carbocycles. The van der Waals surface area contributed by atoms with Gasteiger partial charge in [0.05, 0.1) is 13.0 Å². The summed E-state index contributed by atoms with van der Waals surface area (Å²) >= 11 is 0. The van der Waals surface area contributed by atoms with Crippen LogP contribution < -0.4 is 14.8 Å². The number of rotatable bonds is 14. The second-order valence-electron chi connectivity index (χ2n) is 10.2. The number of carbonyl (C=O) groups is 4. The lowest BCUT2D eigenvalue weighted by Gasteiger charge is -2.20. The first kappa shape index (κ1) is 33.7. The van der Waals surface area contributed by atoms with Crippen LogP contribution in [0.2, 0.25) is 0 Å². The Balaban J connectivity index is 3.10. The summed E-state index contributed by atoms with van der Waals surface area (Å²) in [5.41, 5.74) is 0.563. The van der Waals surface area contributed by atoms with Crippen LogP contribution in [-0.4, -0.2) is 62.8 Å². The van der Waals surface area contributed by atoms with Crippen molar-refractivity contribution < 1.29 is 47.6 Å². The summed E-state index contributed by atoms with van der Waals surface area (Å²) in [6, 6.07) is 3.72. The van der Waals surface area contributed by atoms with Crippen LogP contribution in [0.1, 0.15) is 61.0 Å². The Morgan fingerprint density at radius 2 is 1.31 bits per heavy atom. The molecule has 0 aliphatic heterocycles. The average molecular weight is 554 g/mol. The molecule has 11 heteroatoms. The van der Waals surface area contributed by atoms with Crippen LogP contribution in [0, 0.1) is 17.8 Å². The van der Waals surface area contributed by atoms with E-state index in [1.807, 2.05) is 27.7 Å². The number of ether oxygens (including phenoxy) is 6. The molecule has 1 N–H and O–H groups in total. The molecular formula is C28H43NO10. The Bertz CT molecular complexity index is 960. The SMILES string of the molecule is COC(=O)[C@H](Cc1ccc(OC(=O)OC(C)C(C)C)c(OC(=O)OC(C)C(C)C)c1)NCCOC(=O)C(C)C. The highest BCUT2D eigenvalue weighted by Crippen LogP contribution is 2.30. The van der Waals surface area contributed by atoms with Gasteiger partial charge in [0, 0.05) is 6.54 Å². The van der Waals surface area contributed by atoms with Gasteiger partial charge in [0.2, 0.25) is 0 Å². The molecule has 39 heavy (non-hydrogen) atoms. The van der Waals surface area contributed by atoms with Crippen LogP contribution in [0.5, 0.6) is 11.5 Å². The van der Waals surface area contributed by atoms with Gasteiger partial charge < -0.3 is 33.7 Å². The molecular weight excluding hydrogens is 510 g/mol. The highest BCUT2D eigenvalue weighted by Gasteiger charge is 2.24. The predicted molar refractivity (Wildman–Crippen MR) is 143 cm³/mol. The summed E-state index contributed by atoms with van der Waals surface area (Å²) < 4.78 is 31.3. The fourth-order valence-electron chi connectivity index (χ4n) is 2.82. The maximum atomic E-state index is 12.5. The van der Waals surface area contributed by atoms with Gasteiger partial charge in [0.15, 0.2) is 11.5 Å². The van der Waals surface area contributed by atoms with Gasteiger partial charge in [-0.3, -0.25) is 9.59 Å². The lowest BCUT2D eigenvalue weighted by molar-refractivity contribution is -0.147. The summed E-state index contributed by atoms with van der Waals surface area (Å²) in [7, 11) is 1.26. The number of hydrogen-bond donors (Lipinski definition) is 1. The van der Waals surface area contributed by atoms with Gasteiger partial charge in [0.25, 0.3) is 0 Å². The van der Waals surface area contributed by atoms with E-state index in [1.54, 1.807) is 33.8 Å². The molecule has 3 atom stereocenters. The zero-order chi connectivity index (χ0) is 29.7. The van der Waals surface area contributed by atoms with E-state index in [0.717, 1.165) is 0 Å². The Morgan fingerprint density at radius 3 is 1.79 bits per heavy atom. The fourth-order valence-corrected chi connectivity index (χ4v) is 2.82. The van der Waals surface area contributed by atoms with E-state index in [9.17, 15) is 19.2 Å². The fraction of sp³-hybridized carbons (Fsp3) is 0.643. The van der Waals surface area contributed by atoms with Crippen molar-refractivity contribution in [2.75, 3.05) is 20.3 Å². The molecule has 0 fully saturated rings. The lowest BCUT2D eigenvalue weighted by Crippen LogP contribution is -2.41. The van der Waals surface area contributed by atoms with Crippen LogP contribution in [0.4, 0.5) is 9.59 Å². The molecule has 1 rings (SSSR count). The second-order valence-corrected chi connectivity index (χ2v) is 10.2. The van der Waals surface area contributed by atoms with Gasteiger partial charge in [-0.15, -0.1) is 0 Å². The normalized spacial score (nSPS) is 13.4. The van der Waals surface area contributed by atoms with Gasteiger partial charge in [-0.05, 0) is 49.8 Å². The summed E-state index contributed by atoms with van der Waals surface area (Å²) in [6.07, 6.45) is -2.61. The standard InChI is InChI=1S/C28H43NO10/c1-16(2)19(7)36-27(32)38-23-11-10-21(15-24(23)39-28(33)37-20(8)17(3)4)14-22(26(31)34-9)29-12-13-35-25(30)18(5)6/h10-11,15-20,22,29H,12-14H2,1-9H3/t19?,20?,22-/m0/s1. The predicted octanol–water partition coefficient (Wildman–Crippen LogP) is 4.68. The smallest absolute Gasteiger partial charge is 0.468 e. The molecule has 1 aromatic rings. The van der Waals surface area contributed by atoms with Gasteiger partial charge in [-0.1, -0.05) is 47.6 Å². The van der Waals surface area contributed by atoms with E-state index in [2.05, 4.69) is 5.32 Å². The molecule has 0 heterocycles. The van der Waals surface area contributed by atoms with E-state index in [0.29, 0.717) is 5.56 Å². The Hall–Kier alpha value is -3.34. The van der Waals surface area contributed by atoms with E-state index < -0.39 is 36.5 Å². The van der Waals surface area contributed by atoms with Crippen LogP contribution in [0.25, 0.3) is 0 Å². The van der Waals surface area contributed by atoms with E-state index in [1.165, 1.54) is 19.2 Å². The van der Waals surface area contributed by atoms with Crippen molar-refractivity contribution in [3.05, 3.63) is 23.8 Å². The zero-order valence-electron chi connectivity index (χ0n) is 24.4. The largest absolute Gasteiger partial charge is 0.514 e. The third-order valence-electron chi connectivity index (χ3n) is 5.97. The van der Waals surface area contributed by atoms with Crippen LogP contribution in [0.3, 0.4) is 0 Å². The Kier molecular flexibility index (Phi) is 14.3. The van der Waals surface area contributed by atoms with Gasteiger partial charge in [-0.2, -0.15) is 0 Å². The van der Waals surface area contributed by atoms with Crippen molar-refractivity contribution in [3.8, 4) is 11.5 Å². The van der Waals surface area contributed by atoms with Crippen molar-refractivity contribution in [1.29, 1.82) is 0 Å². The molecule has 0 radical (unpaired) electrons. The van der Waals surface area contributed by atoms with Crippen molar-refractivity contribution in [1.82, 2.24) is 5.32 Å². The highest BCUT2D eigenvalue weighted by molar-refractivity contribution is 5.76. The van der Waals surface area contributed by atoms with E-state index in [4.69, 9.17) is 28.4 Å². The summed E-state index contributed by atoms with van der Waals surface area (Å²) in [4.78, 5) is 48.8. The monoisotopic (exact) mass is 553 g/mol. The molecule has 0 saturated heterocycles. The first-order valence-corrected chi connectivity index (χ1v) is 13.1. The second kappa shape index (κ2) is 16.6. The third-order valence-corrected chi connectivity index (χ3v) is 5.97. The van der Waals surface area contributed by atoms with Crippen molar-refractivity contribution in [3.63, 3.8) is 0 Å². The zero-order valence-corrected chi connectivity index (χ0v) is 24.4. The molecule has 0 spiro atoms. The van der Waals surface area contributed by atoms with Crippen molar-refractivity contribution in [2.45, 2.75) is 80.1 Å². The van der Waals surface area contributed by atoms with Crippen LogP contribution in [-0.2, 0) is 35.0 Å². The van der Waals surface area contributed by atoms with E-state index in [-0.39, 0.29) is 54.8 Å². The molecule has 0 aromatic heterocycles. The third kappa shape index (κ3) is 12.4. The highest BCUT2D eigenvalue weighted by atomic mass is 16.8. The summed E-state index contributed by atoms with van der Waals surface area (Å²) in [6.45, 7) is 14.8. The summed E-state index contributed by atoms with van der Waals surface area (Å²) in [5.74, 6) is -1.16. The van der Waals surface area contributed by atoms with Gasteiger partial charge in [0.1, 0.15) is 24.9 Å².